The first-order valence-corrected chi connectivity index (χ1v) is 6.64. The Morgan fingerprint density at radius 1 is 1.38 bits per heavy atom. The summed E-state index contributed by atoms with van der Waals surface area (Å²) in [6.45, 7) is 2.63. The van der Waals surface area contributed by atoms with E-state index in [2.05, 4.69) is 16.4 Å². The first kappa shape index (κ1) is 14.5. The molecule has 0 atom stereocenters. The van der Waals surface area contributed by atoms with E-state index in [9.17, 15) is 4.79 Å². The average molecular weight is 280 g/mol. The van der Waals surface area contributed by atoms with Crippen LogP contribution in [0.5, 0.6) is 0 Å². The molecule has 0 spiro atoms. The minimum Gasteiger partial charge on any atom is -0.370 e. The largest absolute Gasteiger partial charge is 0.370 e. The van der Waals surface area contributed by atoms with Crippen LogP contribution in [0.25, 0.3) is 0 Å². The monoisotopic (exact) mass is 280 g/mol. The zero-order chi connectivity index (χ0) is 15.2. The third kappa shape index (κ3) is 3.18. The molecular formula is C16H16N4O. The first-order chi connectivity index (χ1) is 10.2. The molecule has 2 rings (SSSR count). The maximum Gasteiger partial charge on any atom is 0.261 e. The molecule has 0 aliphatic carbocycles. The van der Waals surface area contributed by atoms with Crippen LogP contribution in [0.1, 0.15) is 22.8 Å². The van der Waals surface area contributed by atoms with Gasteiger partial charge in [0.05, 0.1) is 17.2 Å². The number of benzene rings is 1. The van der Waals surface area contributed by atoms with Crippen LogP contribution >= 0.6 is 0 Å². The van der Waals surface area contributed by atoms with Crippen LogP contribution in [0.15, 0.2) is 42.6 Å². The van der Waals surface area contributed by atoms with Gasteiger partial charge in [-0.15, -0.1) is 0 Å². The second-order valence-electron chi connectivity index (χ2n) is 4.46. The van der Waals surface area contributed by atoms with E-state index < -0.39 is 0 Å². The predicted octanol–water partition coefficient (Wildman–Crippen LogP) is 2.66. The van der Waals surface area contributed by atoms with E-state index in [0.29, 0.717) is 29.2 Å². The summed E-state index contributed by atoms with van der Waals surface area (Å²) in [6, 6.07) is 12.5. The molecule has 0 aliphatic heterocycles. The summed E-state index contributed by atoms with van der Waals surface area (Å²) < 4.78 is 0. The smallest absolute Gasteiger partial charge is 0.261 e. The molecule has 5 nitrogen and oxygen atoms in total. The van der Waals surface area contributed by atoms with Gasteiger partial charge in [-0.1, -0.05) is 6.07 Å². The Hall–Kier alpha value is -2.87. The molecule has 0 saturated heterocycles. The van der Waals surface area contributed by atoms with E-state index in [1.165, 1.54) is 4.90 Å². The zero-order valence-electron chi connectivity index (χ0n) is 12.0. The summed E-state index contributed by atoms with van der Waals surface area (Å²) in [5.74, 6) is 0.391. The summed E-state index contributed by atoms with van der Waals surface area (Å²) in [5, 5.41) is 12.0. The highest BCUT2D eigenvalue weighted by Crippen LogP contribution is 2.20. The van der Waals surface area contributed by atoms with Gasteiger partial charge in [0, 0.05) is 25.5 Å². The van der Waals surface area contributed by atoms with Gasteiger partial charge >= 0.3 is 0 Å². The fourth-order valence-electron chi connectivity index (χ4n) is 1.97. The molecule has 1 amide bonds. The molecule has 21 heavy (non-hydrogen) atoms. The number of anilines is 2. The number of nitriles is 1. The molecule has 5 heteroatoms. The molecule has 0 saturated carbocycles. The van der Waals surface area contributed by atoms with Crippen molar-refractivity contribution in [1.29, 1.82) is 5.26 Å². The highest BCUT2D eigenvalue weighted by molar-refractivity contribution is 6.08. The normalized spacial score (nSPS) is 9.76. The molecule has 0 bridgehead atoms. The maximum atomic E-state index is 12.6. The Balaban J connectivity index is 2.33. The molecule has 1 aromatic heterocycles. The standard InChI is InChI=1S/C16H16N4O/c1-3-18-15-14(8-5-9-19-15)16(21)20(2)13-7-4-6-12(10-13)11-17/h4-10H,3H2,1-2H3,(H,18,19). The second-order valence-corrected chi connectivity index (χ2v) is 4.46. The molecule has 0 unspecified atom stereocenters. The van der Waals surface area contributed by atoms with Crippen LogP contribution in [0.2, 0.25) is 0 Å². The van der Waals surface area contributed by atoms with Gasteiger partial charge in [0.25, 0.3) is 5.91 Å². The number of hydrogen-bond donors (Lipinski definition) is 1. The third-order valence-corrected chi connectivity index (χ3v) is 3.05. The van der Waals surface area contributed by atoms with Crippen molar-refractivity contribution in [1.82, 2.24) is 4.98 Å². The van der Waals surface area contributed by atoms with Crippen LogP contribution in [0, 0.1) is 11.3 Å². The zero-order valence-corrected chi connectivity index (χ0v) is 12.0. The van der Waals surface area contributed by atoms with Crippen molar-refractivity contribution in [2.45, 2.75) is 6.92 Å². The van der Waals surface area contributed by atoms with Crippen LogP contribution < -0.4 is 10.2 Å². The van der Waals surface area contributed by atoms with Crippen molar-refractivity contribution in [2.75, 3.05) is 23.8 Å². The Morgan fingerprint density at radius 2 is 2.19 bits per heavy atom. The Kier molecular flexibility index (Phi) is 4.52. The van der Waals surface area contributed by atoms with E-state index in [1.54, 1.807) is 49.6 Å². The van der Waals surface area contributed by atoms with Gasteiger partial charge < -0.3 is 10.2 Å². The molecule has 1 heterocycles. The lowest BCUT2D eigenvalue weighted by molar-refractivity contribution is 0.0993. The Labute approximate surface area is 123 Å². The molecule has 2 aromatic rings. The van der Waals surface area contributed by atoms with E-state index in [1.807, 2.05) is 6.92 Å². The first-order valence-electron chi connectivity index (χ1n) is 6.64. The molecule has 1 N–H and O–H groups in total. The number of nitrogens with zero attached hydrogens (tertiary/aromatic N) is 3. The number of aromatic nitrogens is 1. The summed E-state index contributed by atoms with van der Waals surface area (Å²) >= 11 is 0. The van der Waals surface area contributed by atoms with E-state index in [4.69, 9.17) is 5.26 Å². The van der Waals surface area contributed by atoms with E-state index in [0.717, 1.165) is 0 Å². The van der Waals surface area contributed by atoms with Crippen LogP contribution in [0.4, 0.5) is 11.5 Å². The van der Waals surface area contributed by atoms with Gasteiger partial charge in [-0.25, -0.2) is 4.98 Å². The molecule has 0 radical (unpaired) electrons. The van der Waals surface area contributed by atoms with Crippen molar-refractivity contribution in [2.24, 2.45) is 0 Å². The summed E-state index contributed by atoms with van der Waals surface area (Å²) in [6.07, 6.45) is 1.64. The van der Waals surface area contributed by atoms with Gasteiger partial charge in [0.2, 0.25) is 0 Å². The number of amides is 1. The summed E-state index contributed by atoms with van der Waals surface area (Å²) in [5.41, 5.74) is 1.69. The quantitative estimate of drug-likeness (QED) is 0.934. The molecular weight excluding hydrogens is 264 g/mol. The number of hydrogen-bond acceptors (Lipinski definition) is 4. The third-order valence-electron chi connectivity index (χ3n) is 3.05. The fourth-order valence-corrected chi connectivity index (χ4v) is 1.97. The lowest BCUT2D eigenvalue weighted by Gasteiger charge is -2.19. The summed E-state index contributed by atoms with van der Waals surface area (Å²) in [7, 11) is 1.68. The van der Waals surface area contributed by atoms with E-state index in [-0.39, 0.29) is 5.91 Å². The van der Waals surface area contributed by atoms with Gasteiger partial charge in [0.1, 0.15) is 5.82 Å². The molecule has 0 fully saturated rings. The minimum absolute atomic E-state index is 0.172. The van der Waals surface area contributed by atoms with Crippen LogP contribution in [0.3, 0.4) is 0 Å². The van der Waals surface area contributed by atoms with Crippen molar-refractivity contribution in [3.05, 3.63) is 53.7 Å². The molecule has 1 aromatic carbocycles. The number of pyridine rings is 1. The lowest BCUT2D eigenvalue weighted by atomic mass is 10.1. The van der Waals surface area contributed by atoms with Gasteiger partial charge in [-0.05, 0) is 37.3 Å². The SMILES string of the molecule is CCNc1ncccc1C(=O)N(C)c1cccc(C#N)c1. The predicted molar refractivity (Wildman–Crippen MR) is 82.3 cm³/mol. The lowest BCUT2D eigenvalue weighted by Crippen LogP contribution is -2.27. The van der Waals surface area contributed by atoms with Crippen LogP contribution in [-0.4, -0.2) is 24.5 Å². The maximum absolute atomic E-state index is 12.6. The molecule has 106 valence electrons. The second kappa shape index (κ2) is 6.53. The van der Waals surface area contributed by atoms with Crippen molar-refractivity contribution < 1.29 is 4.79 Å². The average Bonchev–Trinajstić information content (AvgIpc) is 2.54. The number of carbonyl (C=O) groups is 1. The van der Waals surface area contributed by atoms with Crippen molar-refractivity contribution in [3.8, 4) is 6.07 Å². The van der Waals surface area contributed by atoms with Gasteiger partial charge in [-0.3, -0.25) is 4.79 Å². The number of carbonyl (C=O) groups excluding carboxylic acids is 1. The Bertz CT molecular complexity index is 691. The fraction of sp³-hybridized carbons (Fsp3) is 0.188. The van der Waals surface area contributed by atoms with Gasteiger partial charge in [0.15, 0.2) is 0 Å². The van der Waals surface area contributed by atoms with Crippen LogP contribution in [-0.2, 0) is 0 Å². The number of rotatable bonds is 4. The van der Waals surface area contributed by atoms with Crippen molar-refractivity contribution in [3.63, 3.8) is 0 Å². The molecule has 0 aliphatic rings. The van der Waals surface area contributed by atoms with Crippen molar-refractivity contribution >= 4 is 17.4 Å². The minimum atomic E-state index is -0.172. The number of nitrogens with one attached hydrogen (secondary N) is 1. The van der Waals surface area contributed by atoms with E-state index >= 15 is 0 Å². The highest BCUT2D eigenvalue weighted by Gasteiger charge is 2.17. The Morgan fingerprint density at radius 3 is 2.90 bits per heavy atom. The summed E-state index contributed by atoms with van der Waals surface area (Å²) in [4.78, 5) is 18.3. The highest BCUT2D eigenvalue weighted by atomic mass is 16.2. The topological polar surface area (TPSA) is 69.0 Å². The van der Waals surface area contributed by atoms with Gasteiger partial charge in [-0.2, -0.15) is 5.26 Å².